The lowest BCUT2D eigenvalue weighted by molar-refractivity contribution is 0.0270. The van der Waals surface area contributed by atoms with Crippen molar-refractivity contribution in [3.05, 3.63) is 51.6 Å². The summed E-state index contributed by atoms with van der Waals surface area (Å²) < 4.78 is 30.9. The minimum Gasteiger partial charge on any atom is -0.350 e. The molecule has 0 aliphatic heterocycles. The Morgan fingerprint density at radius 2 is 1.91 bits per heavy atom. The first kappa shape index (κ1) is 23.2. The smallest absolute Gasteiger partial charge is 0.288 e. The second-order valence-corrected chi connectivity index (χ2v) is 10.1. The number of hydrogen-bond donors (Lipinski definition) is 2. The van der Waals surface area contributed by atoms with Gasteiger partial charge in [0.05, 0.1) is 23.6 Å². The molecule has 32 heavy (non-hydrogen) atoms. The first-order chi connectivity index (χ1) is 15.4. The maximum absolute atomic E-state index is 15.3. The molecule has 0 saturated heterocycles. The van der Waals surface area contributed by atoms with Gasteiger partial charge in [0.2, 0.25) is 5.82 Å². The number of hydroxylamine groups is 1. The topological polar surface area (TPSA) is 72.4 Å². The van der Waals surface area contributed by atoms with Gasteiger partial charge in [-0.25, -0.2) is 9.87 Å². The van der Waals surface area contributed by atoms with Gasteiger partial charge in [0.1, 0.15) is 5.83 Å². The summed E-state index contributed by atoms with van der Waals surface area (Å²) in [7, 11) is 0. The fourth-order valence-electron chi connectivity index (χ4n) is 4.16. The average molecular weight is 512 g/mol. The number of allylic oxidation sites excluding steroid dienone is 3. The minimum absolute atomic E-state index is 0.0250. The summed E-state index contributed by atoms with van der Waals surface area (Å²) in [6.07, 6.45) is 12.1. The predicted molar refractivity (Wildman–Crippen MR) is 122 cm³/mol. The first-order valence-corrected chi connectivity index (χ1v) is 12.2. The van der Waals surface area contributed by atoms with E-state index in [1.165, 1.54) is 16.8 Å². The van der Waals surface area contributed by atoms with E-state index in [2.05, 4.69) is 26.7 Å². The molecule has 1 atom stereocenters. The highest BCUT2D eigenvalue weighted by Crippen LogP contribution is 2.30. The second kappa shape index (κ2) is 10.3. The van der Waals surface area contributed by atoms with Gasteiger partial charge in [-0.1, -0.05) is 41.3 Å². The normalized spacial score (nSPS) is 21.7. The number of nitrogens with one attached hydrogen (secondary N) is 2. The van der Waals surface area contributed by atoms with Crippen LogP contribution < -0.4 is 16.4 Å². The molecule has 0 bridgehead atoms. The van der Waals surface area contributed by atoms with Gasteiger partial charge in [0, 0.05) is 17.6 Å². The van der Waals surface area contributed by atoms with Crippen molar-refractivity contribution in [2.45, 2.75) is 62.7 Å². The number of carbonyl (C=O) groups is 1. The van der Waals surface area contributed by atoms with Gasteiger partial charge in [-0.3, -0.25) is 14.4 Å². The average Bonchev–Trinajstić information content (AvgIpc) is 3.60. The Morgan fingerprint density at radius 3 is 2.59 bits per heavy atom. The zero-order valence-corrected chi connectivity index (χ0v) is 19.4. The van der Waals surface area contributed by atoms with Crippen LogP contribution in [0.5, 0.6) is 0 Å². The van der Waals surface area contributed by atoms with E-state index in [9.17, 15) is 14.0 Å². The monoisotopic (exact) mass is 511 g/mol. The van der Waals surface area contributed by atoms with Gasteiger partial charge < -0.3 is 9.88 Å². The molecule has 3 aliphatic rings. The van der Waals surface area contributed by atoms with Gasteiger partial charge in [-0.05, 0) is 50.0 Å². The van der Waals surface area contributed by atoms with Crippen LogP contribution in [0.4, 0.5) is 14.5 Å². The summed E-state index contributed by atoms with van der Waals surface area (Å²) in [5, 5.41) is 2.64. The van der Waals surface area contributed by atoms with Crippen LogP contribution in [0.2, 0.25) is 0 Å². The van der Waals surface area contributed by atoms with Gasteiger partial charge in [0.15, 0.2) is 0 Å². The number of hydrogen-bond acceptors (Lipinski definition) is 4. The van der Waals surface area contributed by atoms with Gasteiger partial charge in [0.25, 0.3) is 11.5 Å². The van der Waals surface area contributed by atoms with Crippen LogP contribution in [-0.4, -0.2) is 21.9 Å². The lowest BCUT2D eigenvalue weighted by atomic mass is 9.89. The predicted octanol–water partition coefficient (Wildman–Crippen LogP) is 4.96. The van der Waals surface area contributed by atoms with Crippen LogP contribution in [-0.2, 0) is 11.4 Å². The molecule has 0 radical (unpaired) electrons. The Labute approximate surface area is 194 Å². The maximum atomic E-state index is 15.3. The van der Waals surface area contributed by atoms with E-state index >= 15 is 4.39 Å². The molecule has 9 heteroatoms. The highest BCUT2D eigenvalue weighted by Gasteiger charge is 2.26. The molecular formula is C23H28BrF2N3O3. The summed E-state index contributed by atoms with van der Waals surface area (Å²) in [4.78, 5) is 30.7. The van der Waals surface area contributed by atoms with Crippen molar-refractivity contribution < 1.29 is 18.4 Å². The maximum Gasteiger partial charge on any atom is 0.288 e. The number of alkyl halides is 1. The fourth-order valence-corrected chi connectivity index (χ4v) is 4.58. The third-order valence-electron chi connectivity index (χ3n) is 6.22. The summed E-state index contributed by atoms with van der Waals surface area (Å²) in [5.74, 6) is -1.68. The van der Waals surface area contributed by atoms with Crippen molar-refractivity contribution in [2.75, 3.05) is 11.9 Å². The van der Waals surface area contributed by atoms with Crippen molar-refractivity contribution in [2.24, 2.45) is 11.8 Å². The van der Waals surface area contributed by atoms with E-state index in [1.807, 2.05) is 0 Å². The molecule has 0 aromatic carbocycles. The fraction of sp³-hybridized carbons (Fsp3) is 0.565. The van der Waals surface area contributed by atoms with E-state index in [0.717, 1.165) is 44.9 Å². The Morgan fingerprint density at radius 1 is 1.16 bits per heavy atom. The highest BCUT2D eigenvalue weighted by atomic mass is 79.9. The van der Waals surface area contributed by atoms with Gasteiger partial charge in [-0.15, -0.1) is 0 Å². The van der Waals surface area contributed by atoms with Crippen LogP contribution in [0.25, 0.3) is 0 Å². The summed E-state index contributed by atoms with van der Waals surface area (Å²) in [6.45, 7) is 0.731. The molecule has 1 heterocycles. The van der Waals surface area contributed by atoms with Crippen LogP contribution in [0, 0.1) is 17.7 Å². The number of pyridine rings is 1. The summed E-state index contributed by atoms with van der Waals surface area (Å²) in [5.41, 5.74) is 1.11. The van der Waals surface area contributed by atoms with Crippen molar-refractivity contribution in [3.8, 4) is 0 Å². The number of amides is 1. The van der Waals surface area contributed by atoms with E-state index < -0.39 is 23.1 Å². The summed E-state index contributed by atoms with van der Waals surface area (Å²) >= 11 is 3.31. The highest BCUT2D eigenvalue weighted by molar-refractivity contribution is 9.09. The number of anilines is 1. The number of aromatic nitrogens is 1. The molecule has 2 N–H and O–H groups in total. The third kappa shape index (κ3) is 5.67. The zero-order valence-electron chi connectivity index (χ0n) is 17.8. The zero-order chi connectivity index (χ0) is 22.7. The van der Waals surface area contributed by atoms with E-state index in [0.29, 0.717) is 25.5 Å². The van der Waals surface area contributed by atoms with Crippen LogP contribution >= 0.6 is 15.9 Å². The van der Waals surface area contributed by atoms with E-state index in [-0.39, 0.29) is 27.7 Å². The molecule has 1 amide bonds. The molecule has 1 unspecified atom stereocenters. The summed E-state index contributed by atoms with van der Waals surface area (Å²) in [6, 6.07) is 0. The molecule has 6 nitrogen and oxygen atoms in total. The van der Waals surface area contributed by atoms with Crippen molar-refractivity contribution in [3.63, 3.8) is 0 Å². The molecule has 0 spiro atoms. The third-order valence-corrected chi connectivity index (χ3v) is 6.86. The molecule has 4 rings (SSSR count). The standard InChI is InChI=1S/C23H28BrF2N3O3/c24-16-8-9-19(18(25)10-16)27-21-17(22(30)28-32-13-15-6-7-15)12-29(23(31)20(21)26)11-14-4-2-1-3-5-14/h9-10,12,14-16,27H,1-8,11,13H2,(H,28,30). The Kier molecular flexibility index (Phi) is 7.45. The lowest BCUT2D eigenvalue weighted by Gasteiger charge is -2.24. The Balaban J connectivity index is 1.62. The molecule has 1 aromatic rings. The molecule has 2 saturated carbocycles. The number of carbonyl (C=O) groups excluding carboxylic acids is 1. The molecule has 2 fully saturated rings. The lowest BCUT2D eigenvalue weighted by Crippen LogP contribution is -2.33. The van der Waals surface area contributed by atoms with Gasteiger partial charge >= 0.3 is 0 Å². The molecular weight excluding hydrogens is 484 g/mol. The molecule has 3 aliphatic carbocycles. The van der Waals surface area contributed by atoms with Crippen molar-refractivity contribution in [1.82, 2.24) is 10.0 Å². The Hall–Kier alpha value is -2.00. The van der Waals surface area contributed by atoms with E-state index in [4.69, 9.17) is 4.84 Å². The molecule has 1 aromatic heterocycles. The SMILES string of the molecule is O=C(NOCC1CC1)c1cn(CC2CCCCC2)c(=O)c(F)c1NC1=CCC(Br)C=C1F. The van der Waals surface area contributed by atoms with Crippen LogP contribution in [0.1, 0.15) is 61.7 Å². The number of nitrogens with zero attached hydrogens (tertiary/aromatic N) is 1. The van der Waals surface area contributed by atoms with E-state index in [1.54, 1.807) is 6.08 Å². The largest absolute Gasteiger partial charge is 0.350 e. The van der Waals surface area contributed by atoms with Crippen molar-refractivity contribution >= 4 is 27.5 Å². The Bertz CT molecular complexity index is 981. The minimum atomic E-state index is -1.11. The number of halogens is 3. The van der Waals surface area contributed by atoms with Crippen LogP contribution in [0.15, 0.2) is 34.7 Å². The van der Waals surface area contributed by atoms with Gasteiger partial charge in [-0.2, -0.15) is 4.39 Å². The van der Waals surface area contributed by atoms with Crippen LogP contribution in [0.3, 0.4) is 0 Å². The molecule has 174 valence electrons. The van der Waals surface area contributed by atoms with Crippen molar-refractivity contribution in [1.29, 1.82) is 0 Å². The quantitative estimate of drug-likeness (QED) is 0.382. The first-order valence-electron chi connectivity index (χ1n) is 11.3. The number of rotatable bonds is 8. The second-order valence-electron chi connectivity index (χ2n) is 8.89.